The van der Waals surface area contributed by atoms with Crippen LogP contribution in [0.1, 0.15) is 23.8 Å². The molecule has 1 amide bonds. The van der Waals surface area contributed by atoms with Gasteiger partial charge in [0.2, 0.25) is 5.91 Å². The number of anilines is 1. The Morgan fingerprint density at radius 2 is 2.40 bits per heavy atom. The Morgan fingerprint density at radius 1 is 1.55 bits per heavy atom. The van der Waals surface area contributed by atoms with Crippen LogP contribution < -0.4 is 5.32 Å². The third-order valence-corrected chi connectivity index (χ3v) is 3.77. The molecule has 1 aliphatic heterocycles. The topological polar surface area (TPSA) is 84.8 Å². The zero-order chi connectivity index (χ0) is 14.1. The van der Waals surface area contributed by atoms with Crippen molar-refractivity contribution in [2.75, 3.05) is 11.9 Å². The Bertz CT molecular complexity index is 604. The summed E-state index contributed by atoms with van der Waals surface area (Å²) in [7, 11) is 1.88. The maximum Gasteiger partial charge on any atom is 0.230 e. The first-order valence-electron chi connectivity index (χ1n) is 6.56. The number of rotatable bonds is 3. The number of nitrogens with zero attached hydrogens (tertiary/aromatic N) is 3. The van der Waals surface area contributed by atoms with Gasteiger partial charge in [0.05, 0.1) is 30.1 Å². The van der Waals surface area contributed by atoms with Crippen molar-refractivity contribution in [3.63, 3.8) is 0 Å². The number of ether oxygens (including phenoxy) is 1. The first-order chi connectivity index (χ1) is 9.66. The molecule has 2 atom stereocenters. The molecule has 0 saturated carbocycles. The highest BCUT2D eigenvalue weighted by atomic mass is 16.5. The van der Waals surface area contributed by atoms with Crippen LogP contribution in [0.2, 0.25) is 0 Å². The molecule has 1 saturated heterocycles. The number of amides is 1. The number of H-pyrrole nitrogens is 1. The Labute approximate surface area is 116 Å². The standard InChI is InChI=1S/C13H17N5O2/c1-8-11(7-16-18(8)2)12-10(3-4-20-12)13(19)17-9-5-14-15-6-9/h5-7,10,12H,3-4H2,1-2H3,(H,14,15)(H,17,19)/t10-,12-/m0/s1. The Morgan fingerprint density at radius 3 is 3.05 bits per heavy atom. The molecule has 0 unspecified atom stereocenters. The fraction of sp³-hybridized carbons (Fsp3) is 0.462. The second kappa shape index (κ2) is 5.09. The molecule has 1 fully saturated rings. The van der Waals surface area contributed by atoms with Crippen LogP contribution in [0.3, 0.4) is 0 Å². The van der Waals surface area contributed by atoms with E-state index in [1.165, 1.54) is 0 Å². The number of hydrogen-bond donors (Lipinski definition) is 2. The van der Waals surface area contributed by atoms with E-state index in [1.807, 2.05) is 14.0 Å². The van der Waals surface area contributed by atoms with Gasteiger partial charge < -0.3 is 10.1 Å². The summed E-state index contributed by atoms with van der Waals surface area (Å²) < 4.78 is 7.54. The SMILES string of the molecule is Cc1c([C@H]2OCC[C@@H]2C(=O)Nc2cn[nH]c2)cnn1C. The molecule has 0 radical (unpaired) electrons. The molecule has 1 aliphatic rings. The van der Waals surface area contributed by atoms with E-state index in [-0.39, 0.29) is 17.9 Å². The number of carbonyl (C=O) groups excluding carboxylic acids is 1. The number of nitrogens with one attached hydrogen (secondary N) is 2. The van der Waals surface area contributed by atoms with Gasteiger partial charge in [-0.3, -0.25) is 14.6 Å². The highest BCUT2D eigenvalue weighted by Crippen LogP contribution is 2.36. The quantitative estimate of drug-likeness (QED) is 0.880. The normalized spacial score (nSPS) is 22.1. The van der Waals surface area contributed by atoms with Crippen molar-refractivity contribution in [3.8, 4) is 0 Å². The monoisotopic (exact) mass is 275 g/mol. The molecular formula is C13H17N5O2. The minimum Gasteiger partial charge on any atom is -0.373 e. The zero-order valence-electron chi connectivity index (χ0n) is 11.5. The summed E-state index contributed by atoms with van der Waals surface area (Å²) in [6.07, 6.45) is 5.50. The van der Waals surface area contributed by atoms with Gasteiger partial charge in [0, 0.05) is 31.1 Å². The smallest absolute Gasteiger partial charge is 0.230 e. The van der Waals surface area contributed by atoms with E-state index in [0.29, 0.717) is 18.7 Å². The summed E-state index contributed by atoms with van der Waals surface area (Å²) in [4.78, 5) is 12.4. The highest BCUT2D eigenvalue weighted by molar-refractivity contribution is 5.92. The van der Waals surface area contributed by atoms with Crippen LogP contribution in [0.25, 0.3) is 0 Å². The fourth-order valence-corrected chi connectivity index (χ4v) is 2.51. The molecule has 3 rings (SSSR count). The molecular weight excluding hydrogens is 258 g/mol. The molecule has 7 nitrogen and oxygen atoms in total. The second-order valence-electron chi connectivity index (χ2n) is 4.97. The highest BCUT2D eigenvalue weighted by Gasteiger charge is 2.37. The average Bonchev–Trinajstić information content (AvgIpc) is 3.13. The number of aromatic amines is 1. The molecule has 0 aliphatic carbocycles. The van der Waals surface area contributed by atoms with Gasteiger partial charge in [-0.25, -0.2) is 0 Å². The lowest BCUT2D eigenvalue weighted by Crippen LogP contribution is -2.25. The van der Waals surface area contributed by atoms with Crippen molar-refractivity contribution in [2.24, 2.45) is 13.0 Å². The van der Waals surface area contributed by atoms with Crippen LogP contribution in [0, 0.1) is 12.8 Å². The van der Waals surface area contributed by atoms with Gasteiger partial charge in [0.1, 0.15) is 0 Å². The van der Waals surface area contributed by atoms with Crippen LogP contribution >= 0.6 is 0 Å². The molecule has 106 valence electrons. The molecule has 2 N–H and O–H groups in total. The molecule has 20 heavy (non-hydrogen) atoms. The van der Waals surface area contributed by atoms with Gasteiger partial charge in [-0.2, -0.15) is 10.2 Å². The van der Waals surface area contributed by atoms with Crippen LogP contribution in [-0.4, -0.2) is 32.5 Å². The Balaban J connectivity index is 1.78. The van der Waals surface area contributed by atoms with E-state index in [4.69, 9.17) is 4.74 Å². The van der Waals surface area contributed by atoms with Crippen molar-refractivity contribution >= 4 is 11.6 Å². The van der Waals surface area contributed by atoms with E-state index in [1.54, 1.807) is 23.3 Å². The first-order valence-corrected chi connectivity index (χ1v) is 6.56. The molecule has 2 aromatic heterocycles. The van der Waals surface area contributed by atoms with Crippen LogP contribution in [-0.2, 0) is 16.6 Å². The van der Waals surface area contributed by atoms with Gasteiger partial charge in [0.15, 0.2) is 0 Å². The van der Waals surface area contributed by atoms with Crippen molar-refractivity contribution in [3.05, 3.63) is 29.8 Å². The van der Waals surface area contributed by atoms with E-state index in [2.05, 4.69) is 20.6 Å². The van der Waals surface area contributed by atoms with Gasteiger partial charge in [-0.1, -0.05) is 0 Å². The Kier molecular flexibility index (Phi) is 3.27. The average molecular weight is 275 g/mol. The van der Waals surface area contributed by atoms with Gasteiger partial charge in [-0.15, -0.1) is 0 Å². The predicted octanol–water partition coefficient (Wildman–Crippen LogP) is 1.17. The van der Waals surface area contributed by atoms with E-state index in [9.17, 15) is 4.79 Å². The van der Waals surface area contributed by atoms with Crippen molar-refractivity contribution in [2.45, 2.75) is 19.4 Å². The molecule has 7 heteroatoms. The summed E-state index contributed by atoms with van der Waals surface area (Å²) in [6.45, 7) is 2.57. The molecule has 0 aromatic carbocycles. The predicted molar refractivity (Wildman–Crippen MR) is 72.0 cm³/mol. The first kappa shape index (κ1) is 12.9. The van der Waals surface area contributed by atoms with E-state index < -0.39 is 0 Å². The number of aromatic nitrogens is 4. The lowest BCUT2D eigenvalue weighted by molar-refractivity contribution is -0.121. The maximum absolute atomic E-state index is 12.4. The van der Waals surface area contributed by atoms with Crippen LogP contribution in [0.15, 0.2) is 18.6 Å². The van der Waals surface area contributed by atoms with Gasteiger partial charge >= 0.3 is 0 Å². The number of hydrogen-bond acceptors (Lipinski definition) is 4. The van der Waals surface area contributed by atoms with E-state index in [0.717, 1.165) is 11.3 Å². The summed E-state index contributed by atoms with van der Waals surface area (Å²) in [5.41, 5.74) is 2.68. The largest absolute Gasteiger partial charge is 0.373 e. The van der Waals surface area contributed by atoms with Gasteiger partial charge in [0.25, 0.3) is 0 Å². The summed E-state index contributed by atoms with van der Waals surface area (Å²) >= 11 is 0. The molecule has 0 bridgehead atoms. The van der Waals surface area contributed by atoms with E-state index >= 15 is 0 Å². The van der Waals surface area contributed by atoms with Crippen molar-refractivity contribution in [1.82, 2.24) is 20.0 Å². The van der Waals surface area contributed by atoms with Crippen molar-refractivity contribution < 1.29 is 9.53 Å². The van der Waals surface area contributed by atoms with Crippen LogP contribution in [0.4, 0.5) is 5.69 Å². The number of aryl methyl sites for hydroxylation is 1. The number of carbonyl (C=O) groups is 1. The Hall–Kier alpha value is -2.15. The maximum atomic E-state index is 12.4. The molecule has 3 heterocycles. The molecule has 2 aromatic rings. The fourth-order valence-electron chi connectivity index (χ4n) is 2.51. The summed E-state index contributed by atoms with van der Waals surface area (Å²) in [5.74, 6) is -0.245. The lowest BCUT2D eigenvalue weighted by Gasteiger charge is -2.17. The van der Waals surface area contributed by atoms with Crippen molar-refractivity contribution in [1.29, 1.82) is 0 Å². The summed E-state index contributed by atoms with van der Waals surface area (Å²) in [5, 5.41) is 13.6. The van der Waals surface area contributed by atoms with Crippen LogP contribution in [0.5, 0.6) is 0 Å². The minimum absolute atomic E-state index is 0.0443. The third-order valence-electron chi connectivity index (χ3n) is 3.77. The minimum atomic E-state index is -0.226. The second-order valence-corrected chi connectivity index (χ2v) is 4.97. The third kappa shape index (κ3) is 2.20. The summed E-state index contributed by atoms with van der Waals surface area (Å²) in [6, 6.07) is 0. The zero-order valence-corrected chi connectivity index (χ0v) is 11.5. The lowest BCUT2D eigenvalue weighted by atomic mass is 9.95. The van der Waals surface area contributed by atoms with Gasteiger partial charge in [-0.05, 0) is 13.3 Å². The molecule has 0 spiro atoms.